The Labute approximate surface area is 225 Å². The first kappa shape index (κ1) is 25.4. The summed E-state index contributed by atoms with van der Waals surface area (Å²) in [4.78, 5) is 26.3. The van der Waals surface area contributed by atoms with Crippen LogP contribution in [0.2, 0.25) is 0 Å². The lowest BCUT2D eigenvalue weighted by Crippen LogP contribution is -2.52. The number of rotatable bonds is 8. The van der Waals surface area contributed by atoms with Crippen LogP contribution < -0.4 is 14.2 Å². The number of aromatic amines is 1. The maximum Gasteiger partial charge on any atom is 0.230 e. The number of halogens is 1. The number of carbonyl (C=O) groups excluding carboxylic acids is 1. The van der Waals surface area contributed by atoms with Crippen molar-refractivity contribution in [3.63, 3.8) is 0 Å². The second-order valence-corrected chi connectivity index (χ2v) is 10.4. The van der Waals surface area contributed by atoms with Crippen LogP contribution in [0.3, 0.4) is 0 Å². The minimum atomic E-state index is -0.466. The van der Waals surface area contributed by atoms with Gasteiger partial charge in [-0.25, -0.2) is 14.4 Å². The average Bonchev–Trinajstić information content (AvgIpc) is 3.32. The molecule has 2 aliphatic heterocycles. The van der Waals surface area contributed by atoms with Crippen molar-refractivity contribution in [2.45, 2.75) is 32.6 Å². The van der Waals surface area contributed by atoms with Gasteiger partial charge in [0.05, 0.1) is 37.8 Å². The molecule has 39 heavy (non-hydrogen) atoms. The number of ether oxygens (including phenoxy) is 4. The first-order valence-corrected chi connectivity index (χ1v) is 13.2. The van der Waals surface area contributed by atoms with Crippen LogP contribution in [0, 0.1) is 18.2 Å². The van der Waals surface area contributed by atoms with Gasteiger partial charge in [-0.15, -0.1) is 0 Å². The quantitative estimate of drug-likeness (QED) is 0.312. The number of hydrogen-bond donors (Lipinski definition) is 1. The molecule has 1 spiro atoms. The van der Waals surface area contributed by atoms with Crippen molar-refractivity contribution in [1.29, 1.82) is 0 Å². The number of likely N-dealkylation sites (tertiary alicyclic amines) is 1. The number of hydrogen-bond acceptors (Lipinski definition) is 7. The van der Waals surface area contributed by atoms with E-state index in [2.05, 4.69) is 15.0 Å². The van der Waals surface area contributed by atoms with Gasteiger partial charge in [0, 0.05) is 47.6 Å². The van der Waals surface area contributed by atoms with Gasteiger partial charge >= 0.3 is 0 Å². The number of aromatic nitrogens is 3. The van der Waals surface area contributed by atoms with Gasteiger partial charge in [0.15, 0.2) is 23.1 Å². The van der Waals surface area contributed by atoms with E-state index in [4.69, 9.17) is 18.9 Å². The Balaban J connectivity index is 1.11. The Morgan fingerprint density at radius 1 is 1.10 bits per heavy atom. The van der Waals surface area contributed by atoms with Crippen LogP contribution in [-0.4, -0.2) is 65.8 Å². The van der Waals surface area contributed by atoms with Crippen LogP contribution in [0.25, 0.3) is 21.8 Å². The maximum absolute atomic E-state index is 15.1. The van der Waals surface area contributed by atoms with Crippen molar-refractivity contribution in [2.24, 2.45) is 5.41 Å². The van der Waals surface area contributed by atoms with E-state index in [-0.39, 0.29) is 17.5 Å². The highest BCUT2D eigenvalue weighted by Gasteiger charge is 2.41. The second-order valence-electron chi connectivity index (χ2n) is 10.4. The van der Waals surface area contributed by atoms with Crippen LogP contribution in [0.1, 0.15) is 31.4 Å². The molecule has 10 heteroatoms. The van der Waals surface area contributed by atoms with Crippen LogP contribution in [0.15, 0.2) is 36.7 Å². The summed E-state index contributed by atoms with van der Waals surface area (Å²) < 4.78 is 37.9. The van der Waals surface area contributed by atoms with Crippen LogP contribution in [0.4, 0.5) is 4.39 Å². The zero-order valence-electron chi connectivity index (χ0n) is 22.1. The Hall–Kier alpha value is -3.92. The highest BCUT2D eigenvalue weighted by Crippen LogP contribution is 2.39. The first-order valence-electron chi connectivity index (χ1n) is 13.2. The van der Waals surface area contributed by atoms with E-state index in [1.165, 1.54) is 6.33 Å². The largest absolute Gasteiger partial charge is 0.493 e. The highest BCUT2D eigenvalue weighted by atomic mass is 19.1. The smallest absolute Gasteiger partial charge is 0.230 e. The third kappa shape index (κ3) is 4.96. The van der Waals surface area contributed by atoms with Crippen LogP contribution in [0.5, 0.6) is 23.1 Å². The van der Waals surface area contributed by atoms with Gasteiger partial charge in [0.2, 0.25) is 11.8 Å². The lowest BCUT2D eigenvalue weighted by molar-refractivity contribution is -0.153. The number of benzene rings is 2. The fourth-order valence-corrected chi connectivity index (χ4v) is 5.34. The summed E-state index contributed by atoms with van der Waals surface area (Å²) >= 11 is 0. The minimum absolute atomic E-state index is 0.0651. The monoisotopic (exact) mass is 534 g/mol. The molecule has 0 bridgehead atoms. The molecule has 0 radical (unpaired) electrons. The molecule has 0 aliphatic carbocycles. The number of aryl methyl sites for hydroxylation is 1. The molecule has 1 amide bonds. The number of methoxy groups -OCH3 is 1. The molecule has 4 heterocycles. The first-order chi connectivity index (χ1) is 18.9. The summed E-state index contributed by atoms with van der Waals surface area (Å²) in [7, 11) is 1.54. The van der Waals surface area contributed by atoms with E-state index >= 15 is 4.39 Å². The highest BCUT2D eigenvalue weighted by molar-refractivity contribution is 5.87. The number of carbonyl (C=O) groups is 1. The summed E-state index contributed by atoms with van der Waals surface area (Å²) in [6.07, 6.45) is 4.41. The van der Waals surface area contributed by atoms with Crippen molar-refractivity contribution in [3.05, 3.63) is 48.2 Å². The topological polar surface area (TPSA) is 98.8 Å². The van der Waals surface area contributed by atoms with Crippen LogP contribution >= 0.6 is 0 Å². The van der Waals surface area contributed by atoms with Gasteiger partial charge in [0.1, 0.15) is 6.33 Å². The van der Waals surface area contributed by atoms with Crippen molar-refractivity contribution in [1.82, 2.24) is 19.9 Å². The van der Waals surface area contributed by atoms with E-state index in [0.29, 0.717) is 58.2 Å². The number of amides is 1. The summed E-state index contributed by atoms with van der Waals surface area (Å²) in [5.74, 6) is 0.935. The fourth-order valence-electron chi connectivity index (χ4n) is 5.34. The fraction of sp³-hybridized carbons (Fsp3) is 0.414. The van der Waals surface area contributed by atoms with E-state index in [1.54, 1.807) is 37.4 Å². The molecule has 6 rings (SSSR count). The number of nitrogens with zero attached hydrogens (tertiary/aromatic N) is 3. The van der Waals surface area contributed by atoms with E-state index in [9.17, 15) is 4.79 Å². The molecule has 0 saturated carbocycles. The normalized spacial score (nSPS) is 16.4. The standard InChI is InChI=1S/C29H31FN4O5/c1-18-12-19-21(33-18)5-6-23(27(19)30)39-28-20-13-24(36-2)25(14-22(20)31-17-32-28)38-11-3-4-26(35)34-9-7-29(8-10-34)15-37-16-29/h5-6,12-14,17,33H,3-4,7-11,15-16H2,1-2H3. The lowest BCUT2D eigenvalue weighted by atomic mass is 9.77. The Morgan fingerprint density at radius 3 is 2.67 bits per heavy atom. The number of nitrogens with one attached hydrogen (secondary N) is 1. The molecular weight excluding hydrogens is 503 g/mol. The molecule has 2 aromatic carbocycles. The summed E-state index contributed by atoms with van der Waals surface area (Å²) in [5.41, 5.74) is 2.43. The van der Waals surface area contributed by atoms with Crippen molar-refractivity contribution in [2.75, 3.05) is 40.0 Å². The third-order valence-corrected chi connectivity index (χ3v) is 7.71. The summed E-state index contributed by atoms with van der Waals surface area (Å²) in [6.45, 7) is 5.48. The molecule has 2 aromatic heterocycles. The Bertz CT molecular complexity index is 1520. The predicted molar refractivity (Wildman–Crippen MR) is 143 cm³/mol. The Kier molecular flexibility index (Phi) is 6.72. The van der Waals surface area contributed by atoms with E-state index < -0.39 is 5.82 Å². The van der Waals surface area contributed by atoms with Gasteiger partial charge in [-0.3, -0.25) is 4.79 Å². The minimum Gasteiger partial charge on any atom is -0.493 e. The summed E-state index contributed by atoms with van der Waals surface area (Å²) in [5, 5.41) is 1.01. The molecule has 0 atom stereocenters. The molecule has 2 aliphatic rings. The predicted octanol–water partition coefficient (Wildman–Crippen LogP) is 5.16. The van der Waals surface area contributed by atoms with Crippen molar-refractivity contribution >= 4 is 27.7 Å². The Morgan fingerprint density at radius 2 is 1.92 bits per heavy atom. The number of H-pyrrole nitrogens is 1. The molecule has 1 N–H and O–H groups in total. The van der Waals surface area contributed by atoms with Gasteiger partial charge in [-0.2, -0.15) is 0 Å². The SMILES string of the molecule is COc1cc2c(Oc3ccc4[nH]c(C)cc4c3F)ncnc2cc1OCCCC(=O)N1CCC2(CC1)COC2. The molecule has 4 aromatic rings. The molecule has 9 nitrogen and oxygen atoms in total. The zero-order valence-corrected chi connectivity index (χ0v) is 22.1. The number of fused-ring (bicyclic) bond motifs is 2. The van der Waals surface area contributed by atoms with Gasteiger partial charge in [0.25, 0.3) is 0 Å². The molecular formula is C29H31FN4O5. The number of piperidine rings is 1. The second kappa shape index (κ2) is 10.3. The molecule has 0 unspecified atom stereocenters. The van der Waals surface area contributed by atoms with E-state index in [1.807, 2.05) is 11.8 Å². The lowest BCUT2D eigenvalue weighted by Gasteiger charge is -2.47. The average molecular weight is 535 g/mol. The zero-order chi connectivity index (χ0) is 27.0. The van der Waals surface area contributed by atoms with E-state index in [0.717, 1.165) is 44.8 Å². The van der Waals surface area contributed by atoms with Crippen molar-refractivity contribution < 1.29 is 28.1 Å². The summed E-state index contributed by atoms with van der Waals surface area (Å²) in [6, 6.07) is 8.54. The molecule has 2 saturated heterocycles. The van der Waals surface area contributed by atoms with Gasteiger partial charge in [-0.05, 0) is 50.5 Å². The molecule has 204 valence electrons. The van der Waals surface area contributed by atoms with Crippen molar-refractivity contribution in [3.8, 4) is 23.1 Å². The maximum atomic E-state index is 15.1. The molecule has 2 fully saturated rings. The van der Waals surface area contributed by atoms with Gasteiger partial charge in [-0.1, -0.05) is 0 Å². The van der Waals surface area contributed by atoms with Gasteiger partial charge < -0.3 is 28.8 Å². The van der Waals surface area contributed by atoms with Crippen LogP contribution in [-0.2, 0) is 9.53 Å². The third-order valence-electron chi connectivity index (χ3n) is 7.71.